The Morgan fingerprint density at radius 1 is 1.25 bits per heavy atom. The normalized spacial score (nSPS) is 13.8. The summed E-state index contributed by atoms with van der Waals surface area (Å²) in [4.78, 5) is 8.74. The molecule has 1 aliphatic heterocycles. The summed E-state index contributed by atoms with van der Waals surface area (Å²) in [7, 11) is 2.06. The third-order valence-electron chi connectivity index (χ3n) is 5.40. The predicted molar refractivity (Wildman–Crippen MR) is 139 cm³/mol. The van der Waals surface area contributed by atoms with Crippen LogP contribution in [0.2, 0.25) is 5.02 Å². The number of aliphatic imine (C=N–C) groups is 1. The molecule has 0 saturated heterocycles. The van der Waals surface area contributed by atoms with Crippen molar-refractivity contribution in [3.63, 3.8) is 0 Å². The van der Waals surface area contributed by atoms with Crippen LogP contribution in [0.3, 0.4) is 0 Å². The van der Waals surface area contributed by atoms with Gasteiger partial charge in [-0.05, 0) is 49.6 Å². The van der Waals surface area contributed by atoms with Gasteiger partial charge in [0.1, 0.15) is 0 Å². The smallest absolute Gasteiger partial charge is 0.0956 e. The standard InChI is InChI=1S/C28H32ClN3/c1-9-20(2)16-22(4)28-24(6)30-19-32(25(28)7)18-21(3)17-23(5)31(8)15-14-26-10-12-27(29)13-11-26/h1,10-13,16,19H,2-3,5,7,14-15,17-18H2,4,6,8H3/b22-16-. The summed E-state index contributed by atoms with van der Waals surface area (Å²) in [5.74, 6) is 2.55. The maximum absolute atomic E-state index is 5.96. The lowest BCUT2D eigenvalue weighted by atomic mass is 9.98. The molecule has 0 radical (unpaired) electrons. The van der Waals surface area contributed by atoms with Crippen molar-refractivity contribution in [2.75, 3.05) is 20.1 Å². The summed E-state index contributed by atoms with van der Waals surface area (Å²) in [5, 5.41) is 0.755. The predicted octanol–water partition coefficient (Wildman–Crippen LogP) is 6.54. The van der Waals surface area contributed by atoms with Crippen molar-refractivity contribution in [1.82, 2.24) is 9.80 Å². The average molecular weight is 446 g/mol. The zero-order valence-corrected chi connectivity index (χ0v) is 20.2. The van der Waals surface area contributed by atoms with E-state index < -0.39 is 0 Å². The zero-order chi connectivity index (χ0) is 23.8. The van der Waals surface area contributed by atoms with Crippen LogP contribution in [0.1, 0.15) is 25.8 Å². The van der Waals surface area contributed by atoms with E-state index in [0.717, 1.165) is 51.8 Å². The molecule has 0 aliphatic carbocycles. The van der Waals surface area contributed by atoms with Crippen molar-refractivity contribution in [3.05, 3.63) is 107 Å². The molecule has 1 aliphatic rings. The Labute approximate surface area is 198 Å². The highest BCUT2D eigenvalue weighted by Gasteiger charge is 2.20. The summed E-state index contributed by atoms with van der Waals surface area (Å²) >= 11 is 5.96. The van der Waals surface area contributed by atoms with Crippen LogP contribution in [-0.2, 0) is 6.42 Å². The van der Waals surface area contributed by atoms with Crippen molar-refractivity contribution >= 4 is 17.9 Å². The molecule has 0 amide bonds. The number of benzene rings is 1. The van der Waals surface area contributed by atoms with Crippen molar-refractivity contribution in [1.29, 1.82) is 0 Å². The van der Waals surface area contributed by atoms with E-state index in [-0.39, 0.29) is 0 Å². The number of hydrogen-bond acceptors (Lipinski definition) is 3. The first kappa shape index (κ1) is 25.0. The third-order valence-corrected chi connectivity index (χ3v) is 5.65. The third kappa shape index (κ3) is 6.90. The number of allylic oxidation sites excluding steroid dienone is 5. The Morgan fingerprint density at radius 2 is 1.91 bits per heavy atom. The molecule has 166 valence electrons. The Bertz CT molecular complexity index is 1050. The Balaban J connectivity index is 1.94. The molecule has 0 fully saturated rings. The first-order valence-electron chi connectivity index (χ1n) is 10.5. The van der Waals surface area contributed by atoms with Gasteiger partial charge in [0.05, 0.1) is 6.34 Å². The van der Waals surface area contributed by atoms with Gasteiger partial charge >= 0.3 is 0 Å². The van der Waals surface area contributed by atoms with E-state index in [1.807, 2.05) is 43.3 Å². The molecular weight excluding hydrogens is 414 g/mol. The second-order valence-electron chi connectivity index (χ2n) is 8.07. The minimum Gasteiger partial charge on any atom is -0.378 e. The SMILES string of the molecule is C#CC(=C)/C=C(/C)C1=C(C)N=CN(CC(=C)CC(=C)N(C)CCc2ccc(Cl)cc2)C1=C. The highest BCUT2D eigenvalue weighted by molar-refractivity contribution is 6.30. The van der Waals surface area contributed by atoms with Gasteiger partial charge in [-0.15, -0.1) is 6.42 Å². The van der Waals surface area contributed by atoms with Crippen LogP contribution < -0.4 is 0 Å². The van der Waals surface area contributed by atoms with Crippen LogP contribution in [0.15, 0.2) is 101 Å². The van der Waals surface area contributed by atoms with Crippen molar-refractivity contribution in [2.45, 2.75) is 26.7 Å². The average Bonchev–Trinajstić information content (AvgIpc) is 2.75. The van der Waals surface area contributed by atoms with E-state index in [2.05, 4.69) is 61.3 Å². The number of hydrogen-bond donors (Lipinski definition) is 0. The van der Waals surface area contributed by atoms with Crippen molar-refractivity contribution < 1.29 is 0 Å². The van der Waals surface area contributed by atoms with Gasteiger partial charge in [-0.3, -0.25) is 0 Å². The van der Waals surface area contributed by atoms with Gasteiger partial charge in [0.15, 0.2) is 0 Å². The molecular formula is C28H32ClN3. The molecule has 0 unspecified atom stereocenters. The minimum atomic E-state index is 0.618. The highest BCUT2D eigenvalue weighted by atomic mass is 35.5. The van der Waals surface area contributed by atoms with Crippen molar-refractivity contribution in [2.24, 2.45) is 4.99 Å². The number of terminal acetylenes is 1. The van der Waals surface area contributed by atoms with Crippen molar-refractivity contribution in [3.8, 4) is 12.3 Å². The van der Waals surface area contributed by atoms with Gasteiger partial charge in [-0.1, -0.05) is 61.5 Å². The van der Waals surface area contributed by atoms with Gasteiger partial charge in [0.25, 0.3) is 0 Å². The molecule has 0 spiro atoms. The van der Waals surface area contributed by atoms with Gasteiger partial charge in [-0.25, -0.2) is 4.99 Å². The van der Waals surface area contributed by atoms with Crippen LogP contribution in [0, 0.1) is 12.3 Å². The first-order valence-corrected chi connectivity index (χ1v) is 10.8. The Hall–Kier alpha value is -3.22. The summed E-state index contributed by atoms with van der Waals surface area (Å²) in [6, 6.07) is 7.96. The van der Waals surface area contributed by atoms with Crippen LogP contribution >= 0.6 is 11.6 Å². The fourth-order valence-corrected chi connectivity index (χ4v) is 3.62. The minimum absolute atomic E-state index is 0.618. The lowest BCUT2D eigenvalue weighted by molar-refractivity contribution is 0.411. The quantitative estimate of drug-likeness (QED) is 0.231. The van der Waals surface area contributed by atoms with E-state index in [0.29, 0.717) is 18.5 Å². The van der Waals surface area contributed by atoms with Gasteiger partial charge in [-0.2, -0.15) is 0 Å². The summed E-state index contributed by atoms with van der Waals surface area (Å²) in [6.45, 7) is 22.1. The molecule has 1 aromatic rings. The number of rotatable bonds is 10. The Kier molecular flexibility index (Phi) is 8.93. The van der Waals surface area contributed by atoms with Gasteiger partial charge in [0.2, 0.25) is 0 Å². The van der Waals surface area contributed by atoms with Crippen LogP contribution in [-0.4, -0.2) is 36.3 Å². The molecule has 1 heterocycles. The fourth-order valence-electron chi connectivity index (χ4n) is 3.49. The number of halogens is 1. The molecule has 1 aromatic carbocycles. The topological polar surface area (TPSA) is 18.8 Å². The van der Waals surface area contributed by atoms with E-state index in [4.69, 9.17) is 18.0 Å². The van der Waals surface area contributed by atoms with Gasteiger partial charge < -0.3 is 9.80 Å². The molecule has 2 rings (SSSR count). The molecule has 0 aromatic heterocycles. The second kappa shape index (κ2) is 11.4. The maximum Gasteiger partial charge on any atom is 0.0956 e. The molecule has 3 nitrogen and oxygen atoms in total. The molecule has 0 bridgehead atoms. The molecule has 0 N–H and O–H groups in total. The van der Waals surface area contributed by atoms with Crippen LogP contribution in [0.4, 0.5) is 0 Å². The van der Waals surface area contributed by atoms with Crippen LogP contribution in [0.5, 0.6) is 0 Å². The zero-order valence-electron chi connectivity index (χ0n) is 19.4. The lowest BCUT2D eigenvalue weighted by Crippen LogP contribution is -2.28. The molecule has 0 atom stereocenters. The van der Waals surface area contributed by atoms with Gasteiger partial charge in [0, 0.05) is 59.8 Å². The van der Waals surface area contributed by atoms with E-state index in [1.165, 1.54) is 5.56 Å². The first-order chi connectivity index (χ1) is 15.1. The molecule has 0 saturated carbocycles. The maximum atomic E-state index is 5.96. The van der Waals surface area contributed by atoms with E-state index in [1.54, 1.807) is 0 Å². The van der Waals surface area contributed by atoms with Crippen LogP contribution in [0.25, 0.3) is 0 Å². The summed E-state index contributed by atoms with van der Waals surface area (Å²) < 4.78 is 0. The summed E-state index contributed by atoms with van der Waals surface area (Å²) in [5.41, 5.74) is 7.69. The second-order valence-corrected chi connectivity index (χ2v) is 8.50. The van der Waals surface area contributed by atoms with E-state index >= 15 is 0 Å². The molecule has 32 heavy (non-hydrogen) atoms. The monoisotopic (exact) mass is 445 g/mol. The number of nitrogens with zero attached hydrogens (tertiary/aromatic N) is 3. The fraction of sp³-hybridized carbons (Fsp3) is 0.250. The summed E-state index contributed by atoms with van der Waals surface area (Å²) in [6.07, 6.45) is 10.8. The largest absolute Gasteiger partial charge is 0.378 e. The highest BCUT2D eigenvalue weighted by Crippen LogP contribution is 2.29. The Morgan fingerprint density at radius 3 is 2.53 bits per heavy atom. The number of likely N-dealkylation sites (N-methyl/N-ethyl adjacent to an activating group) is 1. The lowest BCUT2D eigenvalue weighted by Gasteiger charge is -2.30. The van der Waals surface area contributed by atoms with E-state index in [9.17, 15) is 0 Å². The molecule has 4 heteroatoms.